The zero-order chi connectivity index (χ0) is 13.1. The van der Waals surface area contributed by atoms with E-state index in [1.165, 1.54) is 77.0 Å². The molecule has 106 valence electrons. The number of nitriles is 1. The molecule has 0 bridgehead atoms. The zero-order valence-electron chi connectivity index (χ0n) is 12.1. The molecule has 3 aliphatic rings. The van der Waals surface area contributed by atoms with E-state index in [2.05, 4.69) is 5.40 Å². The molecule has 0 aromatic heterocycles. The molecule has 3 saturated carbocycles. The van der Waals surface area contributed by atoms with Crippen LogP contribution in [0.3, 0.4) is 0 Å². The van der Waals surface area contributed by atoms with Gasteiger partial charge < -0.3 is 0 Å². The second-order valence-electron chi connectivity index (χ2n) is 6.99. The van der Waals surface area contributed by atoms with E-state index in [-0.39, 0.29) is 0 Å². The van der Waals surface area contributed by atoms with Crippen molar-refractivity contribution in [3.05, 3.63) is 0 Å². The minimum absolute atomic E-state index is 1.06. The zero-order valence-corrected chi connectivity index (χ0v) is 15.7. The van der Waals surface area contributed by atoms with Gasteiger partial charge in [0.2, 0.25) is 0 Å². The van der Waals surface area contributed by atoms with E-state index >= 15 is 0 Å². The maximum absolute atomic E-state index is 9.55. The Morgan fingerprint density at radius 2 is 1.00 bits per heavy atom. The van der Waals surface area contributed by atoms with Gasteiger partial charge in [0, 0.05) is 0 Å². The summed E-state index contributed by atoms with van der Waals surface area (Å²) in [4.78, 5) is 0. The molecule has 1 nitrogen and oxygen atoms in total. The van der Waals surface area contributed by atoms with E-state index < -0.39 is 17.0 Å². The summed E-state index contributed by atoms with van der Waals surface area (Å²) in [6.07, 6.45) is 17.8. The van der Waals surface area contributed by atoms with Crippen LogP contribution >= 0.6 is 8.95 Å². The third-order valence-corrected chi connectivity index (χ3v) is 33.0. The van der Waals surface area contributed by atoms with Crippen LogP contribution in [0.4, 0.5) is 0 Å². The van der Waals surface area contributed by atoms with Gasteiger partial charge in [0.1, 0.15) is 0 Å². The molecule has 0 radical (unpaired) electrons. The third kappa shape index (κ3) is 2.71. The minimum atomic E-state index is -2.36. The number of hydrogen-bond acceptors (Lipinski definition) is 2. The standard InChI is InChI=1S/3C5H9.CHNS.Sn/c3*1-2-4-5-3-1;2-1-3;/h3*1H,2-5H2;3H;/q;;;;+1/p-1. The molecule has 0 aromatic rings. The molecule has 3 heteroatoms. The van der Waals surface area contributed by atoms with Crippen molar-refractivity contribution in [1.82, 2.24) is 0 Å². The summed E-state index contributed by atoms with van der Waals surface area (Å²) in [5.41, 5.74) is 0. The van der Waals surface area contributed by atoms with Crippen molar-refractivity contribution in [1.29, 1.82) is 5.26 Å². The number of nitrogens with zero attached hydrogens (tertiary/aromatic N) is 1. The van der Waals surface area contributed by atoms with Crippen molar-refractivity contribution in [3.63, 3.8) is 0 Å². The molecule has 0 aromatic carbocycles. The average molecular weight is 384 g/mol. The van der Waals surface area contributed by atoms with Gasteiger partial charge in [0.25, 0.3) is 0 Å². The first-order valence-corrected chi connectivity index (χ1v) is 17.7. The van der Waals surface area contributed by atoms with Crippen LogP contribution in [0.1, 0.15) is 77.0 Å². The van der Waals surface area contributed by atoms with Gasteiger partial charge in [-0.15, -0.1) is 0 Å². The van der Waals surface area contributed by atoms with Crippen molar-refractivity contribution in [2.45, 2.75) is 88.9 Å². The Bertz CT molecular complexity index is 292. The van der Waals surface area contributed by atoms with Gasteiger partial charge in [-0.25, -0.2) is 0 Å². The van der Waals surface area contributed by atoms with E-state index in [1.807, 2.05) is 8.95 Å². The molecule has 0 aliphatic heterocycles. The summed E-state index contributed by atoms with van der Waals surface area (Å²) >= 11 is -2.36. The second kappa shape index (κ2) is 6.60. The molecule has 3 rings (SSSR count). The van der Waals surface area contributed by atoms with E-state index in [0.717, 1.165) is 11.8 Å². The van der Waals surface area contributed by atoms with Crippen molar-refractivity contribution in [2.24, 2.45) is 0 Å². The molecule has 0 N–H and O–H groups in total. The number of rotatable bonds is 4. The van der Waals surface area contributed by atoms with E-state index in [1.54, 1.807) is 0 Å². The van der Waals surface area contributed by atoms with Crippen LogP contribution in [-0.4, -0.2) is 17.0 Å². The molecule has 0 saturated heterocycles. The van der Waals surface area contributed by atoms with Crippen LogP contribution in [0.25, 0.3) is 0 Å². The van der Waals surface area contributed by atoms with E-state index in [0.29, 0.717) is 0 Å². The molecular weight excluding hydrogens is 357 g/mol. The maximum atomic E-state index is 9.55. The third-order valence-electron chi connectivity index (χ3n) is 6.20. The van der Waals surface area contributed by atoms with Crippen LogP contribution in [0.2, 0.25) is 11.8 Å². The predicted molar refractivity (Wildman–Crippen MR) is 85.6 cm³/mol. The number of thiocyanates is 1. The van der Waals surface area contributed by atoms with Gasteiger partial charge in [-0.1, -0.05) is 0 Å². The Labute approximate surface area is 125 Å². The summed E-state index contributed by atoms with van der Waals surface area (Å²) in [6.45, 7) is 0. The Balaban J connectivity index is 1.91. The summed E-state index contributed by atoms with van der Waals surface area (Å²) < 4.78 is 3.18. The molecule has 0 amide bonds. The van der Waals surface area contributed by atoms with Gasteiger partial charge in [-0.2, -0.15) is 0 Å². The normalized spacial score (nSPS) is 27.1. The van der Waals surface area contributed by atoms with Crippen LogP contribution in [-0.2, 0) is 0 Å². The van der Waals surface area contributed by atoms with Gasteiger partial charge in [0.15, 0.2) is 0 Å². The Morgan fingerprint density at radius 3 is 1.26 bits per heavy atom. The molecule has 3 aliphatic carbocycles. The van der Waals surface area contributed by atoms with Crippen LogP contribution in [0, 0.1) is 10.7 Å². The van der Waals surface area contributed by atoms with Crippen molar-refractivity contribution in [3.8, 4) is 5.40 Å². The fraction of sp³-hybridized carbons (Fsp3) is 0.938. The van der Waals surface area contributed by atoms with Crippen molar-refractivity contribution in [2.75, 3.05) is 0 Å². The summed E-state index contributed by atoms with van der Waals surface area (Å²) in [7, 11) is 1.93. The first-order valence-electron chi connectivity index (χ1n) is 8.45. The summed E-state index contributed by atoms with van der Waals surface area (Å²) in [5.74, 6) is 0. The monoisotopic (exact) mass is 385 g/mol. The van der Waals surface area contributed by atoms with Crippen molar-refractivity contribution < 1.29 is 0 Å². The first-order chi connectivity index (χ1) is 9.38. The Morgan fingerprint density at radius 1 is 0.684 bits per heavy atom. The fourth-order valence-electron chi connectivity index (χ4n) is 5.46. The average Bonchev–Trinajstić information content (AvgIpc) is 3.18. The van der Waals surface area contributed by atoms with E-state index in [4.69, 9.17) is 0 Å². The molecule has 19 heavy (non-hydrogen) atoms. The first kappa shape index (κ1) is 14.6. The molecule has 3 fully saturated rings. The molecular formula is C16H27NSSn. The summed E-state index contributed by atoms with van der Waals surface area (Å²) in [6, 6.07) is 0. The molecule has 0 atom stereocenters. The second-order valence-corrected chi connectivity index (χ2v) is 25.7. The molecule has 0 spiro atoms. The van der Waals surface area contributed by atoms with E-state index in [9.17, 15) is 5.26 Å². The van der Waals surface area contributed by atoms with Gasteiger partial charge in [0.05, 0.1) is 0 Å². The predicted octanol–water partition coefficient (Wildman–Crippen LogP) is 5.98. The SMILES string of the molecule is N#C[S][Sn]([CH]1CCCC1)([CH]1CCCC1)[CH]1CCCC1. The van der Waals surface area contributed by atoms with Gasteiger partial charge >= 0.3 is 125 Å². The van der Waals surface area contributed by atoms with Crippen molar-refractivity contribution >= 4 is 25.9 Å². The van der Waals surface area contributed by atoms with Gasteiger partial charge in [-0.05, 0) is 0 Å². The topological polar surface area (TPSA) is 23.8 Å². The summed E-state index contributed by atoms with van der Waals surface area (Å²) in [5, 5.41) is 12.2. The fourth-order valence-corrected chi connectivity index (χ4v) is 33.4. The quantitative estimate of drug-likeness (QED) is 0.440. The molecule has 0 unspecified atom stereocenters. The molecule has 0 heterocycles. The Kier molecular flexibility index (Phi) is 5.06. The van der Waals surface area contributed by atoms with Gasteiger partial charge in [-0.3, -0.25) is 0 Å². The van der Waals surface area contributed by atoms with Crippen LogP contribution in [0.15, 0.2) is 0 Å². The Hall–Kier alpha value is 0.639. The number of hydrogen-bond donors (Lipinski definition) is 0. The van der Waals surface area contributed by atoms with Crippen LogP contribution in [0.5, 0.6) is 0 Å². The van der Waals surface area contributed by atoms with Crippen LogP contribution < -0.4 is 0 Å².